The first-order valence-corrected chi connectivity index (χ1v) is 6.40. The van der Waals surface area contributed by atoms with Crippen LogP contribution in [0, 0.1) is 0 Å². The fourth-order valence-electron chi connectivity index (χ4n) is 2.29. The zero-order valence-corrected chi connectivity index (χ0v) is 10.6. The minimum Gasteiger partial charge on any atom is -0.353 e. The monoisotopic (exact) mass is 246 g/mol. The Balaban J connectivity index is 2.00. The van der Waals surface area contributed by atoms with Gasteiger partial charge in [-0.15, -0.1) is 0 Å². The van der Waals surface area contributed by atoms with Crippen molar-refractivity contribution in [2.24, 2.45) is 12.8 Å². The molecule has 2 N–H and O–H groups in total. The van der Waals surface area contributed by atoms with Gasteiger partial charge in [0.15, 0.2) is 5.65 Å². The number of aromatic nitrogens is 4. The third-order valence-corrected chi connectivity index (χ3v) is 3.37. The van der Waals surface area contributed by atoms with Crippen LogP contribution in [0.15, 0.2) is 12.5 Å². The molecule has 6 nitrogen and oxygen atoms in total. The van der Waals surface area contributed by atoms with E-state index in [4.69, 9.17) is 5.73 Å². The molecule has 0 atom stereocenters. The van der Waals surface area contributed by atoms with Crippen LogP contribution in [0.5, 0.6) is 0 Å². The van der Waals surface area contributed by atoms with Crippen LogP contribution >= 0.6 is 0 Å². The number of aryl methyl sites for hydroxylation is 1. The van der Waals surface area contributed by atoms with Gasteiger partial charge in [0, 0.05) is 19.6 Å². The number of anilines is 1. The van der Waals surface area contributed by atoms with Gasteiger partial charge in [0.25, 0.3) is 0 Å². The summed E-state index contributed by atoms with van der Waals surface area (Å²) in [6.45, 7) is 1.67. The Morgan fingerprint density at radius 2 is 2.28 bits per heavy atom. The summed E-state index contributed by atoms with van der Waals surface area (Å²) in [6.07, 6.45) is 6.95. The van der Waals surface area contributed by atoms with Gasteiger partial charge in [0.05, 0.1) is 11.6 Å². The van der Waals surface area contributed by atoms with Crippen LogP contribution in [0.1, 0.15) is 19.3 Å². The van der Waals surface area contributed by atoms with Gasteiger partial charge >= 0.3 is 0 Å². The van der Waals surface area contributed by atoms with E-state index < -0.39 is 0 Å². The normalized spacial score (nSPS) is 15.2. The molecule has 1 fully saturated rings. The molecule has 0 spiro atoms. The fourth-order valence-corrected chi connectivity index (χ4v) is 2.29. The van der Waals surface area contributed by atoms with Crippen molar-refractivity contribution >= 4 is 16.9 Å². The molecule has 2 heterocycles. The average Bonchev–Trinajstić information content (AvgIpc) is 3.15. The van der Waals surface area contributed by atoms with Crippen molar-refractivity contribution in [2.45, 2.75) is 25.3 Å². The molecule has 0 radical (unpaired) electrons. The fraction of sp³-hybridized carbons (Fsp3) is 0.583. The molecule has 18 heavy (non-hydrogen) atoms. The molecule has 1 saturated carbocycles. The minimum atomic E-state index is 0.620. The molecule has 1 aliphatic rings. The Labute approximate surface area is 106 Å². The highest BCUT2D eigenvalue weighted by Gasteiger charge is 2.30. The number of rotatable bonds is 5. The molecule has 0 bridgehead atoms. The van der Waals surface area contributed by atoms with Crippen molar-refractivity contribution in [2.75, 3.05) is 18.0 Å². The van der Waals surface area contributed by atoms with E-state index in [9.17, 15) is 0 Å². The number of hydrogen-bond acceptors (Lipinski definition) is 5. The van der Waals surface area contributed by atoms with E-state index in [0.717, 1.165) is 29.8 Å². The molecule has 0 aromatic carbocycles. The molecular formula is C12H18N6. The van der Waals surface area contributed by atoms with Gasteiger partial charge in [-0.05, 0) is 25.8 Å². The second-order valence-corrected chi connectivity index (χ2v) is 4.77. The standard InChI is InChI=1S/C12H18N6/c1-17-11-10(7-16-17)12(15-8-14-11)18(6-2-5-13)9-3-4-9/h7-9H,2-6,13H2,1H3. The zero-order chi connectivity index (χ0) is 12.5. The van der Waals surface area contributed by atoms with Crippen LogP contribution in [0.3, 0.4) is 0 Å². The number of nitrogens with two attached hydrogens (primary N) is 1. The molecule has 3 rings (SSSR count). The average molecular weight is 246 g/mol. The van der Waals surface area contributed by atoms with Gasteiger partial charge in [-0.25, -0.2) is 9.97 Å². The second kappa shape index (κ2) is 4.53. The van der Waals surface area contributed by atoms with Crippen molar-refractivity contribution < 1.29 is 0 Å². The maximum Gasteiger partial charge on any atom is 0.163 e. The van der Waals surface area contributed by atoms with E-state index in [2.05, 4.69) is 20.0 Å². The maximum atomic E-state index is 5.62. The van der Waals surface area contributed by atoms with Crippen LogP contribution in [-0.4, -0.2) is 38.9 Å². The molecule has 0 saturated heterocycles. The zero-order valence-electron chi connectivity index (χ0n) is 10.6. The van der Waals surface area contributed by atoms with E-state index in [1.165, 1.54) is 12.8 Å². The van der Waals surface area contributed by atoms with E-state index in [1.807, 2.05) is 13.2 Å². The van der Waals surface area contributed by atoms with Crippen LogP contribution < -0.4 is 10.6 Å². The Kier molecular flexibility index (Phi) is 2.87. The van der Waals surface area contributed by atoms with Gasteiger partial charge in [0.2, 0.25) is 0 Å². The molecule has 2 aromatic heterocycles. The molecular weight excluding hydrogens is 228 g/mol. The van der Waals surface area contributed by atoms with Crippen LogP contribution in [-0.2, 0) is 7.05 Å². The summed E-state index contributed by atoms with van der Waals surface area (Å²) in [4.78, 5) is 11.1. The first-order chi connectivity index (χ1) is 8.81. The van der Waals surface area contributed by atoms with Crippen molar-refractivity contribution in [3.8, 4) is 0 Å². The highest BCUT2D eigenvalue weighted by molar-refractivity contribution is 5.86. The second-order valence-electron chi connectivity index (χ2n) is 4.77. The smallest absolute Gasteiger partial charge is 0.163 e. The first-order valence-electron chi connectivity index (χ1n) is 6.40. The topological polar surface area (TPSA) is 72.9 Å². The van der Waals surface area contributed by atoms with E-state index in [0.29, 0.717) is 12.6 Å². The van der Waals surface area contributed by atoms with Crippen LogP contribution in [0.2, 0.25) is 0 Å². The number of fused-ring (bicyclic) bond motifs is 1. The summed E-state index contributed by atoms with van der Waals surface area (Å²) >= 11 is 0. The predicted molar refractivity (Wildman–Crippen MR) is 70.3 cm³/mol. The molecule has 6 heteroatoms. The lowest BCUT2D eigenvalue weighted by molar-refractivity contribution is 0.724. The molecule has 2 aromatic rings. The van der Waals surface area contributed by atoms with Gasteiger partial charge < -0.3 is 10.6 Å². The van der Waals surface area contributed by atoms with E-state index in [-0.39, 0.29) is 0 Å². The van der Waals surface area contributed by atoms with Gasteiger partial charge in [-0.1, -0.05) is 0 Å². The van der Waals surface area contributed by atoms with Crippen molar-refractivity contribution in [3.05, 3.63) is 12.5 Å². The lowest BCUT2D eigenvalue weighted by Crippen LogP contribution is -2.29. The lowest BCUT2D eigenvalue weighted by Gasteiger charge is -2.23. The minimum absolute atomic E-state index is 0.620. The summed E-state index contributed by atoms with van der Waals surface area (Å²) in [7, 11) is 1.90. The maximum absolute atomic E-state index is 5.62. The quantitative estimate of drug-likeness (QED) is 0.840. The molecule has 0 aliphatic heterocycles. The highest BCUT2D eigenvalue weighted by atomic mass is 15.3. The van der Waals surface area contributed by atoms with Gasteiger partial charge in [-0.3, -0.25) is 4.68 Å². The molecule has 0 unspecified atom stereocenters. The Morgan fingerprint density at radius 1 is 1.44 bits per heavy atom. The van der Waals surface area contributed by atoms with Gasteiger partial charge in [0.1, 0.15) is 12.1 Å². The SMILES string of the molecule is Cn1ncc2c(N(CCCN)C3CC3)ncnc21. The molecule has 0 amide bonds. The Morgan fingerprint density at radius 3 is 3.00 bits per heavy atom. The summed E-state index contributed by atoms with van der Waals surface area (Å²) in [5, 5.41) is 5.29. The van der Waals surface area contributed by atoms with Crippen molar-refractivity contribution in [3.63, 3.8) is 0 Å². The molecule has 96 valence electrons. The Hall–Kier alpha value is -1.69. The van der Waals surface area contributed by atoms with Crippen molar-refractivity contribution in [1.82, 2.24) is 19.7 Å². The van der Waals surface area contributed by atoms with E-state index in [1.54, 1.807) is 11.0 Å². The highest BCUT2D eigenvalue weighted by Crippen LogP contribution is 2.33. The van der Waals surface area contributed by atoms with Crippen LogP contribution in [0.25, 0.3) is 11.0 Å². The summed E-state index contributed by atoms with van der Waals surface area (Å²) in [6, 6.07) is 0.620. The van der Waals surface area contributed by atoms with Gasteiger partial charge in [-0.2, -0.15) is 5.10 Å². The molecule has 1 aliphatic carbocycles. The third kappa shape index (κ3) is 1.92. The number of hydrogen-bond donors (Lipinski definition) is 1. The third-order valence-electron chi connectivity index (χ3n) is 3.37. The summed E-state index contributed by atoms with van der Waals surface area (Å²) < 4.78 is 1.79. The first kappa shape index (κ1) is 11.4. The Bertz CT molecular complexity index is 544. The van der Waals surface area contributed by atoms with Crippen LogP contribution in [0.4, 0.5) is 5.82 Å². The number of nitrogens with zero attached hydrogens (tertiary/aromatic N) is 5. The summed E-state index contributed by atoms with van der Waals surface area (Å²) in [5.74, 6) is 1.00. The largest absolute Gasteiger partial charge is 0.353 e. The lowest BCUT2D eigenvalue weighted by atomic mass is 10.3. The summed E-state index contributed by atoms with van der Waals surface area (Å²) in [5.41, 5.74) is 6.50. The van der Waals surface area contributed by atoms with Crippen molar-refractivity contribution in [1.29, 1.82) is 0 Å². The van der Waals surface area contributed by atoms with E-state index >= 15 is 0 Å². The predicted octanol–water partition coefficient (Wildman–Crippen LogP) is 0.681.